The second-order valence-electron chi connectivity index (χ2n) is 5.84. The van der Waals surface area contributed by atoms with Gasteiger partial charge in [-0.2, -0.15) is 0 Å². The van der Waals surface area contributed by atoms with Crippen LogP contribution in [-0.2, 0) is 4.79 Å². The molecule has 2 unspecified atom stereocenters. The second kappa shape index (κ2) is 7.38. The highest BCUT2D eigenvalue weighted by Gasteiger charge is 2.21. The monoisotopic (exact) mass is 340 g/mol. The summed E-state index contributed by atoms with van der Waals surface area (Å²) in [5.74, 6) is 0.969. The van der Waals surface area contributed by atoms with Gasteiger partial charge in [0, 0.05) is 19.0 Å². The third-order valence-corrected chi connectivity index (χ3v) is 4.37. The van der Waals surface area contributed by atoms with Crippen molar-refractivity contribution in [2.75, 3.05) is 26.3 Å². The van der Waals surface area contributed by atoms with Crippen molar-refractivity contribution in [3.63, 3.8) is 0 Å². The molecule has 0 radical (unpaired) electrons. The Morgan fingerprint density at radius 2 is 2.26 bits per heavy atom. The minimum Gasteiger partial charge on any atom is -0.486 e. The van der Waals surface area contributed by atoms with Crippen LogP contribution in [0.1, 0.15) is 30.9 Å². The number of carbonyl (C=O) groups excluding carboxylic acids is 1. The van der Waals surface area contributed by atoms with E-state index in [-0.39, 0.29) is 18.5 Å². The van der Waals surface area contributed by atoms with Gasteiger partial charge in [-0.05, 0) is 37.1 Å². The van der Waals surface area contributed by atoms with Crippen LogP contribution in [0.3, 0.4) is 0 Å². The van der Waals surface area contributed by atoms with E-state index in [1.807, 2.05) is 0 Å². The maximum atomic E-state index is 11.9. The summed E-state index contributed by atoms with van der Waals surface area (Å²) in [5, 5.41) is 16.7. The maximum Gasteiger partial charge on any atom is 0.221 e. The molecule has 0 aromatic heterocycles. The lowest BCUT2D eigenvalue weighted by atomic mass is 10.1. The fraction of sp³-hybridized carbons (Fsp3) is 0.562. The lowest BCUT2D eigenvalue weighted by molar-refractivity contribution is -0.122. The van der Waals surface area contributed by atoms with Gasteiger partial charge in [0.25, 0.3) is 0 Å². The largest absolute Gasteiger partial charge is 0.486 e. The molecule has 1 amide bonds. The number of aliphatic hydroxyl groups excluding tert-OH is 1. The molecule has 23 heavy (non-hydrogen) atoms. The second-order valence-corrected chi connectivity index (χ2v) is 6.25. The SMILES string of the molecule is O=C(CC1CCCN1)NCC(O)c1cc(Cl)c2c(c1)OCCO2. The van der Waals surface area contributed by atoms with Gasteiger partial charge in [-0.3, -0.25) is 4.79 Å². The van der Waals surface area contributed by atoms with Gasteiger partial charge in [0.05, 0.1) is 11.1 Å². The molecule has 0 saturated carbocycles. The van der Waals surface area contributed by atoms with E-state index in [0.29, 0.717) is 41.7 Å². The molecule has 2 aliphatic rings. The number of carbonyl (C=O) groups is 1. The van der Waals surface area contributed by atoms with Crippen molar-refractivity contribution in [3.8, 4) is 11.5 Å². The van der Waals surface area contributed by atoms with Crippen LogP contribution < -0.4 is 20.1 Å². The van der Waals surface area contributed by atoms with E-state index in [9.17, 15) is 9.90 Å². The normalized spacial score (nSPS) is 21.0. The Labute approximate surface area is 140 Å². The molecule has 0 aliphatic carbocycles. The van der Waals surface area contributed by atoms with Crippen molar-refractivity contribution in [1.82, 2.24) is 10.6 Å². The van der Waals surface area contributed by atoms with Crippen LogP contribution in [-0.4, -0.2) is 43.4 Å². The van der Waals surface area contributed by atoms with Crippen LogP contribution in [0.5, 0.6) is 11.5 Å². The molecular weight excluding hydrogens is 320 g/mol. The zero-order valence-corrected chi connectivity index (χ0v) is 13.6. The standard InChI is InChI=1S/C16H21ClN2O4/c17-12-6-10(7-14-16(12)23-5-4-22-14)13(20)9-19-15(21)8-11-2-1-3-18-11/h6-7,11,13,18,20H,1-5,8-9H2,(H,19,21). The topological polar surface area (TPSA) is 79.8 Å². The summed E-state index contributed by atoms with van der Waals surface area (Å²) in [6, 6.07) is 3.59. The number of ether oxygens (including phenoxy) is 2. The average Bonchev–Trinajstić information content (AvgIpc) is 3.05. The average molecular weight is 341 g/mol. The predicted molar refractivity (Wildman–Crippen MR) is 86.1 cm³/mol. The van der Waals surface area contributed by atoms with Gasteiger partial charge in [-0.1, -0.05) is 11.6 Å². The van der Waals surface area contributed by atoms with Crippen LogP contribution in [0.2, 0.25) is 5.02 Å². The van der Waals surface area contributed by atoms with Crippen molar-refractivity contribution in [1.29, 1.82) is 0 Å². The van der Waals surface area contributed by atoms with E-state index >= 15 is 0 Å². The Morgan fingerprint density at radius 3 is 3.04 bits per heavy atom. The molecule has 1 aromatic rings. The zero-order valence-electron chi connectivity index (χ0n) is 12.8. The molecule has 2 atom stereocenters. The van der Waals surface area contributed by atoms with Crippen molar-refractivity contribution in [2.24, 2.45) is 0 Å². The number of halogens is 1. The summed E-state index contributed by atoms with van der Waals surface area (Å²) in [6.45, 7) is 2.02. The van der Waals surface area contributed by atoms with Crippen LogP contribution >= 0.6 is 11.6 Å². The predicted octanol–water partition coefficient (Wildman–Crippen LogP) is 1.40. The molecule has 3 rings (SSSR count). The molecule has 1 saturated heterocycles. The van der Waals surface area contributed by atoms with Gasteiger partial charge in [0.2, 0.25) is 5.91 Å². The molecule has 2 aliphatic heterocycles. The fourth-order valence-electron chi connectivity index (χ4n) is 2.88. The van der Waals surface area contributed by atoms with E-state index in [2.05, 4.69) is 10.6 Å². The Hall–Kier alpha value is -1.50. The number of hydrogen-bond acceptors (Lipinski definition) is 5. The highest BCUT2D eigenvalue weighted by atomic mass is 35.5. The Morgan fingerprint density at radius 1 is 1.43 bits per heavy atom. The first-order chi connectivity index (χ1) is 11.1. The summed E-state index contributed by atoms with van der Waals surface area (Å²) < 4.78 is 10.9. The summed E-state index contributed by atoms with van der Waals surface area (Å²) in [4.78, 5) is 11.9. The van der Waals surface area contributed by atoms with Crippen molar-refractivity contribution in [3.05, 3.63) is 22.7 Å². The maximum absolute atomic E-state index is 11.9. The lowest BCUT2D eigenvalue weighted by Gasteiger charge is -2.21. The van der Waals surface area contributed by atoms with Gasteiger partial charge in [-0.15, -0.1) is 0 Å². The van der Waals surface area contributed by atoms with Gasteiger partial charge >= 0.3 is 0 Å². The van der Waals surface area contributed by atoms with Gasteiger partial charge in [0.1, 0.15) is 13.2 Å². The first kappa shape index (κ1) is 16.4. The summed E-state index contributed by atoms with van der Waals surface area (Å²) in [5.41, 5.74) is 0.596. The third-order valence-electron chi connectivity index (χ3n) is 4.09. The molecule has 6 nitrogen and oxygen atoms in total. The van der Waals surface area contributed by atoms with Crippen LogP contribution in [0.25, 0.3) is 0 Å². The molecule has 1 fully saturated rings. The number of aliphatic hydroxyl groups is 1. The number of rotatable bonds is 5. The van der Waals surface area contributed by atoms with E-state index in [1.165, 1.54) is 0 Å². The molecule has 0 spiro atoms. The van der Waals surface area contributed by atoms with Crippen molar-refractivity contribution in [2.45, 2.75) is 31.4 Å². The quantitative estimate of drug-likeness (QED) is 0.755. The number of fused-ring (bicyclic) bond motifs is 1. The zero-order chi connectivity index (χ0) is 16.2. The Bertz CT molecular complexity index is 575. The summed E-state index contributed by atoms with van der Waals surface area (Å²) >= 11 is 6.16. The first-order valence-corrected chi connectivity index (χ1v) is 8.28. The van der Waals surface area contributed by atoms with Gasteiger partial charge in [0.15, 0.2) is 11.5 Å². The first-order valence-electron chi connectivity index (χ1n) is 7.90. The number of amides is 1. The fourth-order valence-corrected chi connectivity index (χ4v) is 3.15. The molecule has 1 aromatic carbocycles. The van der Waals surface area contributed by atoms with E-state index in [4.69, 9.17) is 21.1 Å². The van der Waals surface area contributed by atoms with Crippen LogP contribution in [0.4, 0.5) is 0 Å². The summed E-state index contributed by atoms with van der Waals surface area (Å²) in [6.07, 6.45) is 1.72. The van der Waals surface area contributed by atoms with Gasteiger partial charge < -0.3 is 25.2 Å². The van der Waals surface area contributed by atoms with E-state index < -0.39 is 6.10 Å². The van der Waals surface area contributed by atoms with Crippen molar-refractivity contribution < 1.29 is 19.4 Å². The smallest absolute Gasteiger partial charge is 0.221 e. The minimum atomic E-state index is -0.844. The summed E-state index contributed by atoms with van der Waals surface area (Å²) in [7, 11) is 0. The van der Waals surface area contributed by atoms with E-state index in [1.54, 1.807) is 12.1 Å². The number of benzene rings is 1. The van der Waals surface area contributed by atoms with E-state index in [0.717, 1.165) is 19.4 Å². The molecule has 126 valence electrons. The van der Waals surface area contributed by atoms with Crippen molar-refractivity contribution >= 4 is 17.5 Å². The minimum absolute atomic E-state index is 0.0629. The Balaban J connectivity index is 1.56. The van der Waals surface area contributed by atoms with Crippen LogP contribution in [0.15, 0.2) is 12.1 Å². The van der Waals surface area contributed by atoms with Gasteiger partial charge in [-0.25, -0.2) is 0 Å². The molecular formula is C16H21ClN2O4. The third kappa shape index (κ3) is 4.07. The van der Waals surface area contributed by atoms with Crippen LogP contribution in [0, 0.1) is 0 Å². The number of hydrogen-bond donors (Lipinski definition) is 3. The highest BCUT2D eigenvalue weighted by molar-refractivity contribution is 6.32. The number of nitrogens with one attached hydrogen (secondary N) is 2. The molecule has 0 bridgehead atoms. The molecule has 3 N–H and O–H groups in total. The molecule has 7 heteroatoms. The highest BCUT2D eigenvalue weighted by Crippen LogP contribution is 2.39. The lowest BCUT2D eigenvalue weighted by Crippen LogP contribution is -2.34. The Kier molecular flexibility index (Phi) is 5.25. The molecule has 2 heterocycles.